The molecule has 9 nitrogen and oxygen atoms in total. The Balaban J connectivity index is 1.63. The van der Waals surface area contributed by atoms with E-state index in [0.717, 1.165) is 33.8 Å². The molecule has 0 N–H and O–H groups in total. The van der Waals surface area contributed by atoms with E-state index in [9.17, 15) is 14.9 Å². The monoisotopic (exact) mass is 544 g/mol. The Labute approximate surface area is 214 Å². The van der Waals surface area contributed by atoms with Crippen molar-refractivity contribution in [2.45, 2.75) is 26.2 Å². The van der Waals surface area contributed by atoms with Gasteiger partial charge >= 0.3 is 0 Å². The van der Waals surface area contributed by atoms with Crippen LogP contribution in [0.3, 0.4) is 0 Å². The first kappa shape index (κ1) is 23.6. The molecule has 0 aliphatic carbocycles. The summed E-state index contributed by atoms with van der Waals surface area (Å²) in [5.41, 5.74) is 1.96. The standard InChI is InChI=1S/C26H21BrN6O3/c1-2-3-8-25-30-22-11-9-18(27)13-21(22)26(34)32(25)29-14-17-16-31(23-7-5-4-6-20(17)23)24-12-10-19(15-28-24)33(35)36/h4-7,9-16H,2-3,8H2,1H3. The number of para-hydroxylation sites is 1. The second-order valence-electron chi connectivity index (χ2n) is 8.26. The lowest BCUT2D eigenvalue weighted by molar-refractivity contribution is -0.385. The molecular formula is C26H21BrN6O3. The number of fused-ring (bicyclic) bond motifs is 2. The zero-order chi connectivity index (χ0) is 25.2. The lowest BCUT2D eigenvalue weighted by Gasteiger charge is -2.09. The van der Waals surface area contributed by atoms with Crippen LogP contribution in [0.15, 0.2) is 81.4 Å². The van der Waals surface area contributed by atoms with Crippen LogP contribution >= 0.6 is 15.9 Å². The minimum absolute atomic E-state index is 0.0774. The van der Waals surface area contributed by atoms with Gasteiger partial charge in [0.15, 0.2) is 0 Å². The van der Waals surface area contributed by atoms with Crippen LogP contribution < -0.4 is 5.56 Å². The molecule has 0 saturated heterocycles. The Bertz CT molecular complexity index is 1690. The van der Waals surface area contributed by atoms with Crippen molar-refractivity contribution in [2.75, 3.05) is 0 Å². The van der Waals surface area contributed by atoms with Crippen molar-refractivity contribution < 1.29 is 4.92 Å². The van der Waals surface area contributed by atoms with E-state index in [-0.39, 0.29) is 11.2 Å². The molecule has 0 bridgehead atoms. The predicted molar refractivity (Wildman–Crippen MR) is 143 cm³/mol. The summed E-state index contributed by atoms with van der Waals surface area (Å²) in [7, 11) is 0. The summed E-state index contributed by atoms with van der Waals surface area (Å²) in [4.78, 5) is 32.9. The molecule has 3 heterocycles. The first-order valence-corrected chi connectivity index (χ1v) is 12.2. The van der Waals surface area contributed by atoms with E-state index < -0.39 is 4.92 Å². The van der Waals surface area contributed by atoms with Gasteiger partial charge in [-0.3, -0.25) is 14.9 Å². The smallest absolute Gasteiger partial charge is 0.287 e. The summed E-state index contributed by atoms with van der Waals surface area (Å²) in [5, 5.41) is 17.0. The predicted octanol–water partition coefficient (Wildman–Crippen LogP) is 5.63. The van der Waals surface area contributed by atoms with Crippen molar-refractivity contribution in [2.24, 2.45) is 5.10 Å². The van der Waals surface area contributed by atoms with Crippen LogP contribution in [0.2, 0.25) is 0 Å². The van der Waals surface area contributed by atoms with Crippen LogP contribution in [-0.4, -0.2) is 30.3 Å². The minimum Gasteiger partial charge on any atom is -0.301 e. The fourth-order valence-corrected chi connectivity index (χ4v) is 4.42. The number of unbranched alkanes of at least 4 members (excludes halogenated alkanes) is 1. The summed E-state index contributed by atoms with van der Waals surface area (Å²) in [6.45, 7) is 2.09. The van der Waals surface area contributed by atoms with Crippen LogP contribution in [0.1, 0.15) is 31.2 Å². The molecule has 5 rings (SSSR count). The quantitative estimate of drug-likeness (QED) is 0.150. The van der Waals surface area contributed by atoms with Crippen LogP contribution in [0.25, 0.3) is 27.6 Å². The molecule has 0 saturated carbocycles. The molecule has 0 fully saturated rings. The lowest BCUT2D eigenvalue weighted by atomic mass is 10.2. The maximum atomic E-state index is 13.4. The molecule has 36 heavy (non-hydrogen) atoms. The fourth-order valence-electron chi connectivity index (χ4n) is 4.06. The van der Waals surface area contributed by atoms with Gasteiger partial charge in [-0.25, -0.2) is 9.97 Å². The Hall–Kier alpha value is -4.18. The second-order valence-corrected chi connectivity index (χ2v) is 9.17. The van der Waals surface area contributed by atoms with Gasteiger partial charge in [-0.2, -0.15) is 9.78 Å². The normalized spacial score (nSPS) is 11.6. The van der Waals surface area contributed by atoms with E-state index in [0.29, 0.717) is 29.0 Å². The average molecular weight is 545 g/mol. The number of aromatic nitrogens is 4. The molecule has 2 aromatic carbocycles. The van der Waals surface area contributed by atoms with Gasteiger partial charge in [0.2, 0.25) is 0 Å². The molecule has 0 atom stereocenters. The Kier molecular flexibility index (Phi) is 6.43. The molecule has 3 aromatic heterocycles. The number of nitro groups is 1. The molecule has 0 unspecified atom stereocenters. The van der Waals surface area contributed by atoms with Crippen LogP contribution in [0.5, 0.6) is 0 Å². The maximum absolute atomic E-state index is 13.4. The topological polar surface area (TPSA) is 108 Å². The molecule has 5 aromatic rings. The molecule has 0 aliphatic rings. The number of hydrogen-bond acceptors (Lipinski definition) is 6. The molecule has 180 valence electrons. The second kappa shape index (κ2) is 9.82. The zero-order valence-corrected chi connectivity index (χ0v) is 20.9. The number of aryl methyl sites for hydroxylation is 1. The number of benzene rings is 2. The van der Waals surface area contributed by atoms with E-state index >= 15 is 0 Å². The van der Waals surface area contributed by atoms with E-state index in [1.165, 1.54) is 16.9 Å². The zero-order valence-electron chi connectivity index (χ0n) is 19.3. The summed E-state index contributed by atoms with van der Waals surface area (Å²) >= 11 is 3.43. The molecular weight excluding hydrogens is 524 g/mol. The van der Waals surface area contributed by atoms with E-state index in [1.807, 2.05) is 47.2 Å². The van der Waals surface area contributed by atoms with Gasteiger partial charge in [0.1, 0.15) is 17.8 Å². The summed E-state index contributed by atoms with van der Waals surface area (Å²) in [6.07, 6.45) is 7.21. The highest BCUT2D eigenvalue weighted by atomic mass is 79.9. The number of nitrogens with zero attached hydrogens (tertiary/aromatic N) is 6. The van der Waals surface area contributed by atoms with E-state index in [1.54, 1.807) is 18.3 Å². The molecule has 10 heteroatoms. The summed E-state index contributed by atoms with van der Waals surface area (Å²) in [5.74, 6) is 1.14. The number of rotatable bonds is 7. The molecule has 0 spiro atoms. The molecule has 0 radical (unpaired) electrons. The van der Waals surface area contributed by atoms with Gasteiger partial charge in [0, 0.05) is 34.1 Å². The number of pyridine rings is 1. The molecule has 0 aliphatic heterocycles. The highest BCUT2D eigenvalue weighted by molar-refractivity contribution is 9.10. The third-order valence-corrected chi connectivity index (χ3v) is 6.37. The summed E-state index contributed by atoms with van der Waals surface area (Å²) < 4.78 is 4.02. The van der Waals surface area contributed by atoms with Crippen molar-refractivity contribution in [3.05, 3.63) is 103 Å². The van der Waals surface area contributed by atoms with Gasteiger partial charge < -0.3 is 4.57 Å². The van der Waals surface area contributed by atoms with Crippen molar-refractivity contribution in [3.63, 3.8) is 0 Å². The van der Waals surface area contributed by atoms with Crippen LogP contribution in [-0.2, 0) is 6.42 Å². The first-order valence-electron chi connectivity index (χ1n) is 11.4. The van der Waals surface area contributed by atoms with E-state index in [4.69, 9.17) is 4.98 Å². The fraction of sp³-hybridized carbons (Fsp3) is 0.154. The third kappa shape index (κ3) is 4.42. The number of hydrogen-bond donors (Lipinski definition) is 0. The maximum Gasteiger partial charge on any atom is 0.287 e. The highest BCUT2D eigenvalue weighted by Gasteiger charge is 2.13. The minimum atomic E-state index is -0.480. The van der Waals surface area contributed by atoms with Gasteiger partial charge in [0.05, 0.1) is 27.6 Å². The van der Waals surface area contributed by atoms with Gasteiger partial charge in [-0.15, -0.1) is 0 Å². The van der Waals surface area contributed by atoms with Gasteiger partial charge in [-0.05, 0) is 36.8 Å². The van der Waals surface area contributed by atoms with Crippen molar-refractivity contribution in [3.8, 4) is 5.82 Å². The van der Waals surface area contributed by atoms with Crippen molar-refractivity contribution in [1.29, 1.82) is 0 Å². The first-order chi connectivity index (χ1) is 17.5. The van der Waals surface area contributed by atoms with Crippen LogP contribution in [0, 0.1) is 10.1 Å². The largest absolute Gasteiger partial charge is 0.301 e. The highest BCUT2D eigenvalue weighted by Crippen LogP contribution is 2.24. The van der Waals surface area contributed by atoms with Crippen molar-refractivity contribution in [1.82, 2.24) is 19.2 Å². The van der Waals surface area contributed by atoms with Crippen LogP contribution in [0.4, 0.5) is 5.69 Å². The Morgan fingerprint density at radius 1 is 1.14 bits per heavy atom. The average Bonchev–Trinajstić information content (AvgIpc) is 3.26. The Morgan fingerprint density at radius 3 is 2.72 bits per heavy atom. The SMILES string of the molecule is CCCCc1nc2ccc(Br)cc2c(=O)n1N=Cc1cn(-c2ccc([N+](=O)[O-])cn2)c2ccccc12. The molecule has 0 amide bonds. The lowest BCUT2D eigenvalue weighted by Crippen LogP contribution is -2.22. The third-order valence-electron chi connectivity index (χ3n) is 5.87. The van der Waals surface area contributed by atoms with Gasteiger partial charge in [0.25, 0.3) is 11.2 Å². The summed E-state index contributed by atoms with van der Waals surface area (Å²) in [6, 6.07) is 16.2. The van der Waals surface area contributed by atoms with E-state index in [2.05, 4.69) is 32.9 Å². The van der Waals surface area contributed by atoms with Gasteiger partial charge in [-0.1, -0.05) is 47.5 Å². The Morgan fingerprint density at radius 2 is 1.97 bits per heavy atom. The number of halogens is 1. The van der Waals surface area contributed by atoms with Crippen molar-refractivity contribution >= 4 is 49.6 Å².